The summed E-state index contributed by atoms with van der Waals surface area (Å²) in [6.07, 6.45) is 1.87. The van der Waals surface area contributed by atoms with Crippen molar-refractivity contribution in [2.45, 2.75) is 36.5 Å². The van der Waals surface area contributed by atoms with E-state index in [2.05, 4.69) is 11.6 Å². The van der Waals surface area contributed by atoms with E-state index in [4.69, 9.17) is 0 Å². The Labute approximate surface area is 156 Å². The van der Waals surface area contributed by atoms with Crippen LogP contribution in [0.5, 0.6) is 0 Å². The minimum Gasteiger partial charge on any atom is -0.279 e. The van der Waals surface area contributed by atoms with Gasteiger partial charge in [0, 0.05) is 14.1 Å². The molecule has 0 bridgehead atoms. The third kappa shape index (κ3) is 4.44. The fraction of sp³-hybridized carbons (Fsp3) is 0.333. The van der Waals surface area contributed by atoms with Crippen LogP contribution < -0.4 is 4.72 Å². The molecular weight excluding hydrogens is 372 g/mol. The van der Waals surface area contributed by atoms with Crippen molar-refractivity contribution in [3.8, 4) is 0 Å². The third-order valence-electron chi connectivity index (χ3n) is 4.00. The number of hydrogen-bond donors (Lipinski definition) is 1. The predicted molar refractivity (Wildman–Crippen MR) is 103 cm³/mol. The highest BCUT2D eigenvalue weighted by atomic mass is 32.2. The van der Waals surface area contributed by atoms with Crippen molar-refractivity contribution in [3.63, 3.8) is 0 Å². The van der Waals surface area contributed by atoms with Gasteiger partial charge in [0.15, 0.2) is 0 Å². The SMILES string of the molecule is CCCc1ccc(S(=O)(=O)Nc2cc(S(=O)(=O)N(C)C)ccc2C)cc1. The summed E-state index contributed by atoms with van der Waals surface area (Å²) in [7, 11) is -4.60. The first kappa shape index (κ1) is 20.4. The van der Waals surface area contributed by atoms with Crippen LogP contribution in [0.4, 0.5) is 5.69 Å². The Morgan fingerprint density at radius 2 is 1.50 bits per heavy atom. The van der Waals surface area contributed by atoms with Crippen LogP contribution in [0.3, 0.4) is 0 Å². The van der Waals surface area contributed by atoms with Crippen molar-refractivity contribution >= 4 is 25.7 Å². The quantitative estimate of drug-likeness (QED) is 0.780. The molecule has 6 nitrogen and oxygen atoms in total. The molecule has 2 aromatic carbocycles. The highest BCUT2D eigenvalue weighted by Crippen LogP contribution is 2.25. The van der Waals surface area contributed by atoms with Gasteiger partial charge in [-0.1, -0.05) is 31.5 Å². The van der Waals surface area contributed by atoms with E-state index in [-0.39, 0.29) is 15.5 Å². The number of nitrogens with zero attached hydrogens (tertiary/aromatic N) is 1. The lowest BCUT2D eigenvalue weighted by Crippen LogP contribution is -2.22. The zero-order valence-corrected chi connectivity index (χ0v) is 17.0. The summed E-state index contributed by atoms with van der Waals surface area (Å²) in [5.41, 5.74) is 1.95. The molecule has 0 saturated heterocycles. The highest BCUT2D eigenvalue weighted by Gasteiger charge is 2.20. The van der Waals surface area contributed by atoms with Crippen LogP contribution in [0.1, 0.15) is 24.5 Å². The highest BCUT2D eigenvalue weighted by molar-refractivity contribution is 7.92. The van der Waals surface area contributed by atoms with Crippen LogP contribution in [-0.2, 0) is 26.5 Å². The van der Waals surface area contributed by atoms with Gasteiger partial charge < -0.3 is 0 Å². The molecule has 26 heavy (non-hydrogen) atoms. The Kier molecular flexibility index (Phi) is 6.10. The predicted octanol–water partition coefficient (Wildman–Crippen LogP) is 3.00. The summed E-state index contributed by atoms with van der Waals surface area (Å²) >= 11 is 0. The molecule has 0 spiro atoms. The molecule has 0 aliphatic heterocycles. The van der Waals surface area contributed by atoms with Gasteiger partial charge in [-0.3, -0.25) is 4.72 Å². The first-order valence-corrected chi connectivity index (χ1v) is 11.1. The molecule has 0 unspecified atom stereocenters. The Morgan fingerprint density at radius 3 is 2.04 bits per heavy atom. The van der Waals surface area contributed by atoms with E-state index >= 15 is 0 Å². The van der Waals surface area contributed by atoms with E-state index in [1.54, 1.807) is 37.3 Å². The maximum absolute atomic E-state index is 12.6. The smallest absolute Gasteiger partial charge is 0.261 e. The first-order chi connectivity index (χ1) is 12.1. The Bertz CT molecular complexity index is 980. The van der Waals surface area contributed by atoms with Gasteiger partial charge in [0.05, 0.1) is 15.5 Å². The first-order valence-electron chi connectivity index (χ1n) is 8.23. The number of anilines is 1. The number of rotatable bonds is 7. The van der Waals surface area contributed by atoms with E-state index in [1.807, 2.05) is 0 Å². The molecule has 0 heterocycles. The van der Waals surface area contributed by atoms with Crippen molar-refractivity contribution in [1.29, 1.82) is 0 Å². The lowest BCUT2D eigenvalue weighted by atomic mass is 10.1. The molecule has 0 aliphatic rings. The van der Waals surface area contributed by atoms with Gasteiger partial charge >= 0.3 is 0 Å². The standard InChI is InChI=1S/C18H24N2O4S2/c1-5-6-15-8-11-16(12-9-15)25(21,22)19-18-13-17(10-7-14(18)2)26(23,24)20(3)4/h7-13,19H,5-6H2,1-4H3. The van der Waals surface area contributed by atoms with Gasteiger partial charge in [-0.15, -0.1) is 0 Å². The van der Waals surface area contributed by atoms with Crippen LogP contribution >= 0.6 is 0 Å². The number of sulfonamides is 2. The average Bonchev–Trinajstić information content (AvgIpc) is 2.57. The van der Waals surface area contributed by atoms with Gasteiger partial charge in [0.25, 0.3) is 10.0 Å². The minimum absolute atomic E-state index is 0.0316. The van der Waals surface area contributed by atoms with Crippen LogP contribution in [0.2, 0.25) is 0 Å². The molecule has 1 N–H and O–H groups in total. The second kappa shape index (κ2) is 7.77. The third-order valence-corrected chi connectivity index (χ3v) is 7.20. The van der Waals surface area contributed by atoms with E-state index in [0.717, 1.165) is 22.7 Å². The molecule has 0 aliphatic carbocycles. The van der Waals surface area contributed by atoms with E-state index < -0.39 is 20.0 Å². The van der Waals surface area contributed by atoms with Crippen molar-refractivity contribution in [1.82, 2.24) is 4.31 Å². The fourth-order valence-electron chi connectivity index (χ4n) is 2.41. The monoisotopic (exact) mass is 396 g/mol. The number of hydrogen-bond acceptors (Lipinski definition) is 4. The fourth-order valence-corrected chi connectivity index (χ4v) is 4.46. The van der Waals surface area contributed by atoms with Crippen LogP contribution in [0.25, 0.3) is 0 Å². The maximum Gasteiger partial charge on any atom is 0.261 e. The zero-order chi connectivity index (χ0) is 19.5. The van der Waals surface area contributed by atoms with E-state index in [0.29, 0.717) is 5.56 Å². The van der Waals surface area contributed by atoms with Gasteiger partial charge in [0.2, 0.25) is 10.0 Å². The number of nitrogens with one attached hydrogen (secondary N) is 1. The Morgan fingerprint density at radius 1 is 0.923 bits per heavy atom. The van der Waals surface area contributed by atoms with Gasteiger partial charge in [-0.05, 0) is 48.7 Å². The zero-order valence-electron chi connectivity index (χ0n) is 15.4. The molecule has 0 aromatic heterocycles. The van der Waals surface area contributed by atoms with Gasteiger partial charge in [0.1, 0.15) is 0 Å². The average molecular weight is 397 g/mol. The number of aryl methyl sites for hydroxylation is 2. The number of benzene rings is 2. The van der Waals surface area contributed by atoms with Crippen molar-refractivity contribution in [3.05, 3.63) is 53.6 Å². The molecule has 0 radical (unpaired) electrons. The second-order valence-corrected chi connectivity index (χ2v) is 10.1. The summed E-state index contributed by atoms with van der Waals surface area (Å²) in [6.45, 7) is 3.78. The minimum atomic E-state index is -3.81. The maximum atomic E-state index is 12.6. The summed E-state index contributed by atoms with van der Waals surface area (Å²) < 4.78 is 53.4. The molecule has 8 heteroatoms. The van der Waals surface area contributed by atoms with Crippen LogP contribution in [-0.4, -0.2) is 35.2 Å². The topological polar surface area (TPSA) is 83.5 Å². The molecule has 142 valence electrons. The lowest BCUT2D eigenvalue weighted by molar-refractivity contribution is 0.520. The largest absolute Gasteiger partial charge is 0.279 e. The van der Waals surface area contributed by atoms with Crippen LogP contribution in [0.15, 0.2) is 52.3 Å². The summed E-state index contributed by atoms with van der Waals surface area (Å²) in [5, 5.41) is 0. The lowest BCUT2D eigenvalue weighted by Gasteiger charge is -2.15. The van der Waals surface area contributed by atoms with Gasteiger partial charge in [-0.25, -0.2) is 21.1 Å². The molecule has 0 saturated carbocycles. The van der Waals surface area contributed by atoms with Crippen molar-refractivity contribution in [2.75, 3.05) is 18.8 Å². The van der Waals surface area contributed by atoms with Crippen molar-refractivity contribution < 1.29 is 16.8 Å². The molecule has 2 aromatic rings. The summed E-state index contributed by atoms with van der Waals surface area (Å²) in [6, 6.07) is 11.1. The van der Waals surface area contributed by atoms with Gasteiger partial charge in [-0.2, -0.15) is 0 Å². The molecule has 0 atom stereocenters. The molecular formula is C18H24N2O4S2. The molecule has 2 rings (SSSR count). The van der Waals surface area contributed by atoms with E-state index in [1.165, 1.54) is 26.2 Å². The van der Waals surface area contributed by atoms with Crippen molar-refractivity contribution in [2.24, 2.45) is 0 Å². The second-order valence-electron chi connectivity index (χ2n) is 6.26. The molecule has 0 amide bonds. The summed E-state index contributed by atoms with van der Waals surface area (Å²) in [4.78, 5) is 0.168. The van der Waals surface area contributed by atoms with Crippen LogP contribution in [0, 0.1) is 6.92 Å². The summed E-state index contributed by atoms with van der Waals surface area (Å²) in [5.74, 6) is 0. The normalized spacial score (nSPS) is 12.3. The van der Waals surface area contributed by atoms with E-state index in [9.17, 15) is 16.8 Å². The Hall–Kier alpha value is -1.90. The Balaban J connectivity index is 2.37. The molecule has 0 fully saturated rings.